The highest BCUT2D eigenvalue weighted by Gasteiger charge is 2.46. The average molecular weight is 551 g/mol. The number of benzene rings is 3. The van der Waals surface area contributed by atoms with Crippen molar-refractivity contribution >= 4 is 17.6 Å². The Morgan fingerprint density at radius 1 is 0.878 bits per heavy atom. The number of anilines is 1. The fourth-order valence-electron chi connectivity index (χ4n) is 5.61. The zero-order valence-electron chi connectivity index (χ0n) is 23.4. The fourth-order valence-corrected chi connectivity index (χ4v) is 5.61. The number of carbonyl (C=O) groups excluding carboxylic acids is 2. The molecule has 1 amide bonds. The van der Waals surface area contributed by atoms with Crippen molar-refractivity contribution in [2.24, 2.45) is 5.92 Å². The second-order valence-corrected chi connectivity index (χ2v) is 10.5. The zero-order valence-corrected chi connectivity index (χ0v) is 23.4. The highest BCUT2D eigenvalue weighted by atomic mass is 16.5. The summed E-state index contributed by atoms with van der Waals surface area (Å²) in [5, 5.41) is 4.57. The molecule has 2 fully saturated rings. The van der Waals surface area contributed by atoms with Gasteiger partial charge in [-0.1, -0.05) is 42.5 Å². The van der Waals surface area contributed by atoms with Gasteiger partial charge in [0.1, 0.15) is 5.75 Å². The molecule has 2 atom stereocenters. The fraction of sp³-hybridized carbons (Fsp3) is 0.303. The van der Waals surface area contributed by atoms with Crippen LogP contribution < -0.4 is 9.64 Å². The second-order valence-electron chi connectivity index (χ2n) is 10.5. The maximum absolute atomic E-state index is 13.1. The number of aromatic nitrogens is 2. The number of methoxy groups -OCH3 is 1. The van der Waals surface area contributed by atoms with Gasteiger partial charge in [-0.15, -0.1) is 0 Å². The van der Waals surface area contributed by atoms with Gasteiger partial charge in [0, 0.05) is 43.3 Å². The van der Waals surface area contributed by atoms with E-state index in [2.05, 4.69) is 34.3 Å². The zero-order chi connectivity index (χ0) is 28.3. The van der Waals surface area contributed by atoms with Crippen LogP contribution in [0.5, 0.6) is 5.75 Å². The predicted octanol–water partition coefficient (Wildman–Crippen LogP) is 5.18. The minimum absolute atomic E-state index is 0.123. The molecule has 0 bridgehead atoms. The lowest BCUT2D eigenvalue weighted by molar-refractivity contribution is -0.133. The Kier molecular flexibility index (Phi) is 7.46. The van der Waals surface area contributed by atoms with Crippen LogP contribution in [-0.2, 0) is 9.53 Å². The Labute approximate surface area is 240 Å². The predicted molar refractivity (Wildman–Crippen MR) is 158 cm³/mol. The van der Waals surface area contributed by atoms with Crippen LogP contribution in [0.2, 0.25) is 0 Å². The summed E-state index contributed by atoms with van der Waals surface area (Å²) in [6.07, 6.45) is 0.954. The van der Waals surface area contributed by atoms with Crippen LogP contribution in [0.25, 0.3) is 16.9 Å². The van der Waals surface area contributed by atoms with Gasteiger partial charge in [0.2, 0.25) is 5.91 Å². The lowest BCUT2D eigenvalue weighted by atomic mass is 10.1. The highest BCUT2D eigenvalue weighted by Crippen LogP contribution is 2.48. The van der Waals surface area contributed by atoms with Crippen LogP contribution in [0.3, 0.4) is 0 Å². The molecule has 0 N–H and O–H groups in total. The number of piperazine rings is 1. The summed E-state index contributed by atoms with van der Waals surface area (Å²) in [7, 11) is 1.63. The quantitative estimate of drug-likeness (QED) is 0.282. The smallest absolute Gasteiger partial charge is 0.358 e. The topological polar surface area (TPSA) is 76.9 Å². The van der Waals surface area contributed by atoms with Crippen LogP contribution in [0.15, 0.2) is 84.9 Å². The number of rotatable bonds is 8. The maximum Gasteiger partial charge on any atom is 0.358 e. The van der Waals surface area contributed by atoms with Crippen molar-refractivity contribution in [3.05, 3.63) is 96.2 Å². The van der Waals surface area contributed by atoms with E-state index in [-0.39, 0.29) is 24.1 Å². The summed E-state index contributed by atoms with van der Waals surface area (Å²) in [6, 6.07) is 28.0. The third-order valence-corrected chi connectivity index (χ3v) is 7.97. The van der Waals surface area contributed by atoms with Crippen LogP contribution in [0, 0.1) is 5.92 Å². The molecular weight excluding hydrogens is 516 g/mol. The lowest BCUT2D eigenvalue weighted by Gasteiger charge is -2.36. The minimum atomic E-state index is -0.452. The van der Waals surface area contributed by atoms with E-state index in [0.29, 0.717) is 5.92 Å². The Morgan fingerprint density at radius 3 is 2.22 bits per heavy atom. The Hall–Kier alpha value is -4.59. The van der Waals surface area contributed by atoms with Gasteiger partial charge in [0.15, 0.2) is 5.69 Å². The van der Waals surface area contributed by atoms with E-state index in [0.717, 1.165) is 61.0 Å². The van der Waals surface area contributed by atoms with Crippen molar-refractivity contribution in [2.75, 3.05) is 44.8 Å². The maximum atomic E-state index is 13.1. The lowest BCUT2D eigenvalue weighted by Crippen LogP contribution is -2.49. The summed E-state index contributed by atoms with van der Waals surface area (Å²) >= 11 is 0. The normalized spacial score (nSPS) is 18.2. The molecule has 3 aromatic carbocycles. The van der Waals surface area contributed by atoms with Crippen LogP contribution in [0.1, 0.15) is 35.3 Å². The van der Waals surface area contributed by atoms with E-state index in [1.54, 1.807) is 24.8 Å². The number of esters is 1. The molecule has 0 spiro atoms. The first-order chi connectivity index (χ1) is 20.1. The van der Waals surface area contributed by atoms with E-state index >= 15 is 0 Å². The molecule has 8 heteroatoms. The molecule has 8 nitrogen and oxygen atoms in total. The number of carbonyl (C=O) groups is 2. The Bertz CT molecular complexity index is 1510. The number of hydrogen-bond donors (Lipinski definition) is 0. The standard InChI is InChI=1S/C33H34N4O4/c1-3-41-33(39)30-22-31(37(34-30)26-13-15-27(40-2)16-14-26)24-9-11-25(12-10-24)35-17-19-36(20-18-35)32(38)29-21-28(29)23-7-5-4-6-8-23/h4-16,22,28-29H,3,17-21H2,1-2H3/t28-,29+/m0/s1. The van der Waals surface area contributed by atoms with Gasteiger partial charge in [0.05, 0.1) is 25.1 Å². The van der Waals surface area contributed by atoms with E-state index in [1.165, 1.54) is 5.56 Å². The van der Waals surface area contributed by atoms with Crippen molar-refractivity contribution in [1.29, 1.82) is 0 Å². The third-order valence-electron chi connectivity index (χ3n) is 7.97. The van der Waals surface area contributed by atoms with Crippen molar-refractivity contribution in [3.63, 3.8) is 0 Å². The molecule has 1 saturated heterocycles. The molecule has 1 aliphatic carbocycles. The van der Waals surface area contributed by atoms with Gasteiger partial charge in [-0.3, -0.25) is 4.79 Å². The Balaban J connectivity index is 1.14. The molecule has 210 valence electrons. The summed E-state index contributed by atoms with van der Waals surface area (Å²) in [4.78, 5) is 30.0. The van der Waals surface area contributed by atoms with Crippen LogP contribution in [-0.4, -0.2) is 66.5 Å². The first-order valence-corrected chi connectivity index (χ1v) is 14.2. The SMILES string of the molecule is CCOC(=O)c1cc(-c2ccc(N3CCN(C(=O)[C@@H]4C[C@H]4c4ccccc4)CC3)cc2)n(-c2ccc(OC)cc2)n1. The molecule has 6 rings (SSSR count). The monoisotopic (exact) mass is 550 g/mol. The molecule has 4 aromatic rings. The van der Waals surface area contributed by atoms with Crippen molar-refractivity contribution in [3.8, 4) is 22.7 Å². The average Bonchev–Trinajstić information content (AvgIpc) is 3.71. The Morgan fingerprint density at radius 2 is 1.56 bits per heavy atom. The molecule has 0 radical (unpaired) electrons. The van der Waals surface area contributed by atoms with Gasteiger partial charge < -0.3 is 19.3 Å². The van der Waals surface area contributed by atoms with Gasteiger partial charge >= 0.3 is 5.97 Å². The van der Waals surface area contributed by atoms with Crippen molar-refractivity contribution < 1.29 is 19.1 Å². The van der Waals surface area contributed by atoms with Gasteiger partial charge in [-0.25, -0.2) is 9.48 Å². The number of hydrogen-bond acceptors (Lipinski definition) is 6. The molecule has 2 heterocycles. The number of nitrogens with zero attached hydrogens (tertiary/aromatic N) is 4. The molecule has 1 aliphatic heterocycles. The van der Waals surface area contributed by atoms with Gasteiger partial charge in [0.25, 0.3) is 0 Å². The third kappa shape index (κ3) is 5.55. The van der Waals surface area contributed by atoms with Crippen molar-refractivity contribution in [1.82, 2.24) is 14.7 Å². The summed E-state index contributed by atoms with van der Waals surface area (Å²) in [5.74, 6) is 1.07. The van der Waals surface area contributed by atoms with E-state index in [9.17, 15) is 9.59 Å². The number of amides is 1. The van der Waals surface area contributed by atoms with E-state index < -0.39 is 5.97 Å². The van der Waals surface area contributed by atoms with Gasteiger partial charge in [-0.05, 0) is 67.3 Å². The number of ether oxygens (including phenoxy) is 2. The van der Waals surface area contributed by atoms with E-state index in [1.807, 2.05) is 59.5 Å². The summed E-state index contributed by atoms with van der Waals surface area (Å²) < 4.78 is 12.3. The first kappa shape index (κ1) is 26.6. The highest BCUT2D eigenvalue weighted by molar-refractivity contribution is 5.89. The first-order valence-electron chi connectivity index (χ1n) is 14.2. The summed E-state index contributed by atoms with van der Waals surface area (Å²) in [6.45, 7) is 5.11. The van der Waals surface area contributed by atoms with E-state index in [4.69, 9.17) is 9.47 Å². The second kappa shape index (κ2) is 11.5. The largest absolute Gasteiger partial charge is 0.497 e. The minimum Gasteiger partial charge on any atom is -0.497 e. The molecule has 41 heavy (non-hydrogen) atoms. The molecule has 1 saturated carbocycles. The molecular formula is C33H34N4O4. The molecule has 0 unspecified atom stereocenters. The van der Waals surface area contributed by atoms with Crippen LogP contribution >= 0.6 is 0 Å². The summed E-state index contributed by atoms with van der Waals surface area (Å²) in [5.41, 5.74) is 5.17. The van der Waals surface area contributed by atoms with Crippen molar-refractivity contribution in [2.45, 2.75) is 19.3 Å². The molecule has 2 aliphatic rings. The van der Waals surface area contributed by atoms with Gasteiger partial charge in [-0.2, -0.15) is 5.10 Å². The molecule has 1 aromatic heterocycles. The van der Waals surface area contributed by atoms with Crippen LogP contribution in [0.4, 0.5) is 5.69 Å².